The van der Waals surface area contributed by atoms with Crippen molar-refractivity contribution in [2.24, 2.45) is 5.73 Å². The third-order valence-corrected chi connectivity index (χ3v) is 3.35. The zero-order valence-electron chi connectivity index (χ0n) is 10.9. The van der Waals surface area contributed by atoms with Crippen molar-refractivity contribution in [3.8, 4) is 0 Å². The molecule has 0 amide bonds. The van der Waals surface area contributed by atoms with E-state index >= 15 is 0 Å². The van der Waals surface area contributed by atoms with Gasteiger partial charge in [0.05, 0.1) is 11.2 Å². The lowest BCUT2D eigenvalue weighted by molar-refractivity contribution is 1.43. The number of nitrogens with one attached hydrogen (secondary N) is 2. The Morgan fingerprint density at radius 2 is 2.05 bits per heavy atom. The summed E-state index contributed by atoms with van der Waals surface area (Å²) in [4.78, 5) is 15.8. The fourth-order valence-corrected chi connectivity index (χ4v) is 2.46. The average molecular weight is 283 g/mol. The Morgan fingerprint density at radius 3 is 2.80 bits per heavy atom. The summed E-state index contributed by atoms with van der Waals surface area (Å²) >= 11 is 4.86. The van der Waals surface area contributed by atoms with Crippen molar-refractivity contribution < 1.29 is 0 Å². The third-order valence-electron chi connectivity index (χ3n) is 3.25. The molecule has 20 heavy (non-hydrogen) atoms. The van der Waals surface area contributed by atoms with Gasteiger partial charge in [0.25, 0.3) is 0 Å². The topological polar surface area (TPSA) is 70.9 Å². The van der Waals surface area contributed by atoms with E-state index in [4.69, 9.17) is 18.0 Å². The predicted molar refractivity (Wildman–Crippen MR) is 87.2 cm³/mol. The third kappa shape index (κ3) is 2.02. The Bertz CT molecular complexity index is 899. The molecule has 5 heteroatoms. The number of aromatic nitrogens is 1. The van der Waals surface area contributed by atoms with Crippen LogP contribution in [0, 0.1) is 6.92 Å². The second-order valence-corrected chi connectivity index (χ2v) is 5.16. The maximum Gasteiger partial charge on any atom is 0.197 e. The highest BCUT2D eigenvalue weighted by Gasteiger charge is 2.09. The first-order valence-electron chi connectivity index (χ1n) is 6.18. The molecule has 0 saturated heterocycles. The van der Waals surface area contributed by atoms with Gasteiger partial charge in [0.1, 0.15) is 0 Å². The van der Waals surface area contributed by atoms with Crippen molar-refractivity contribution in [2.45, 2.75) is 6.92 Å². The van der Waals surface area contributed by atoms with Gasteiger partial charge in [-0.2, -0.15) is 0 Å². The lowest BCUT2D eigenvalue weighted by atomic mass is 10.1. The van der Waals surface area contributed by atoms with Crippen molar-refractivity contribution in [3.63, 3.8) is 0 Å². The van der Waals surface area contributed by atoms with Gasteiger partial charge in [-0.25, -0.2) is 0 Å². The van der Waals surface area contributed by atoms with Crippen LogP contribution in [0.5, 0.6) is 0 Å². The number of aromatic amines is 1. The smallest absolute Gasteiger partial charge is 0.197 e. The van der Waals surface area contributed by atoms with Gasteiger partial charge < -0.3 is 16.0 Å². The van der Waals surface area contributed by atoms with E-state index in [1.54, 1.807) is 12.1 Å². The van der Waals surface area contributed by atoms with Crippen LogP contribution in [0.2, 0.25) is 0 Å². The molecule has 0 spiro atoms. The van der Waals surface area contributed by atoms with E-state index in [0.29, 0.717) is 22.0 Å². The standard InChI is InChI=1S/C15H13N3OS/c1-8-5-6-11-10(7-8)14(19)9-3-2-4-12(13(9)17-11)18-15(16)20/h2-7H,1H3,(H,17,19)(H3,16,18,20). The number of aryl methyl sites for hydroxylation is 1. The maximum atomic E-state index is 12.6. The van der Waals surface area contributed by atoms with Crippen molar-refractivity contribution in [2.75, 3.05) is 5.32 Å². The summed E-state index contributed by atoms with van der Waals surface area (Å²) in [6, 6.07) is 11.2. The molecule has 2 aromatic carbocycles. The van der Waals surface area contributed by atoms with Gasteiger partial charge in [0.15, 0.2) is 10.5 Å². The van der Waals surface area contributed by atoms with Crippen LogP contribution < -0.4 is 16.5 Å². The molecule has 0 aliphatic rings. The lowest BCUT2D eigenvalue weighted by Gasteiger charge is -2.09. The number of benzene rings is 2. The van der Waals surface area contributed by atoms with Crippen molar-refractivity contribution in [3.05, 3.63) is 52.2 Å². The van der Waals surface area contributed by atoms with E-state index in [1.165, 1.54) is 0 Å². The normalized spacial score (nSPS) is 10.8. The monoisotopic (exact) mass is 283 g/mol. The van der Waals surface area contributed by atoms with Gasteiger partial charge in [-0.05, 0) is 43.4 Å². The van der Waals surface area contributed by atoms with Crippen molar-refractivity contribution >= 4 is 44.8 Å². The Labute approximate surface area is 120 Å². The molecule has 1 heterocycles. The first-order valence-corrected chi connectivity index (χ1v) is 6.59. The quantitative estimate of drug-likeness (QED) is 0.474. The largest absolute Gasteiger partial charge is 0.376 e. The molecular weight excluding hydrogens is 270 g/mol. The van der Waals surface area contributed by atoms with E-state index in [2.05, 4.69) is 10.3 Å². The fraction of sp³-hybridized carbons (Fsp3) is 0.0667. The molecule has 4 N–H and O–H groups in total. The Kier molecular flexibility index (Phi) is 2.91. The van der Waals surface area contributed by atoms with Crippen LogP contribution in [-0.4, -0.2) is 10.1 Å². The van der Waals surface area contributed by atoms with Gasteiger partial charge in [-0.1, -0.05) is 17.7 Å². The highest BCUT2D eigenvalue weighted by Crippen LogP contribution is 2.22. The first kappa shape index (κ1) is 12.6. The van der Waals surface area contributed by atoms with E-state index in [0.717, 1.165) is 11.1 Å². The van der Waals surface area contributed by atoms with E-state index in [1.807, 2.05) is 31.2 Å². The molecule has 0 saturated carbocycles. The van der Waals surface area contributed by atoms with Crippen LogP contribution >= 0.6 is 12.2 Å². The number of nitrogens with two attached hydrogens (primary N) is 1. The van der Waals surface area contributed by atoms with Gasteiger partial charge in [-0.3, -0.25) is 4.79 Å². The summed E-state index contributed by atoms with van der Waals surface area (Å²) in [5, 5.41) is 4.36. The van der Waals surface area contributed by atoms with Gasteiger partial charge in [-0.15, -0.1) is 0 Å². The summed E-state index contributed by atoms with van der Waals surface area (Å²) in [6.45, 7) is 1.97. The zero-order valence-corrected chi connectivity index (χ0v) is 11.7. The number of rotatable bonds is 1. The fourth-order valence-electron chi connectivity index (χ4n) is 2.35. The Balaban J connectivity index is 2.43. The molecule has 3 aromatic rings. The molecule has 4 nitrogen and oxygen atoms in total. The molecular formula is C15H13N3OS. The number of hydrogen-bond acceptors (Lipinski definition) is 2. The highest BCUT2D eigenvalue weighted by atomic mass is 32.1. The van der Waals surface area contributed by atoms with Crippen LogP contribution in [0.15, 0.2) is 41.2 Å². The number of hydrogen-bond donors (Lipinski definition) is 3. The van der Waals surface area contributed by atoms with E-state index in [-0.39, 0.29) is 10.5 Å². The summed E-state index contributed by atoms with van der Waals surface area (Å²) in [5.74, 6) is 0. The van der Waals surface area contributed by atoms with Gasteiger partial charge in [0.2, 0.25) is 0 Å². The number of anilines is 1. The summed E-state index contributed by atoms with van der Waals surface area (Å²) in [5.41, 5.74) is 8.78. The molecule has 100 valence electrons. The number of H-pyrrole nitrogens is 1. The summed E-state index contributed by atoms with van der Waals surface area (Å²) in [7, 11) is 0. The lowest BCUT2D eigenvalue weighted by Crippen LogP contribution is -2.19. The average Bonchev–Trinajstić information content (AvgIpc) is 2.40. The minimum atomic E-state index is 0.00374. The predicted octanol–water partition coefficient (Wildman–Crippen LogP) is 2.65. The molecule has 0 radical (unpaired) electrons. The molecule has 0 bridgehead atoms. The van der Waals surface area contributed by atoms with Crippen LogP contribution in [0.25, 0.3) is 21.8 Å². The van der Waals surface area contributed by atoms with Crippen LogP contribution in [0.3, 0.4) is 0 Å². The number of thiocarbonyl (C=S) groups is 1. The molecule has 0 aliphatic heterocycles. The minimum absolute atomic E-state index is 0.00374. The molecule has 1 aromatic heterocycles. The Morgan fingerprint density at radius 1 is 1.25 bits per heavy atom. The van der Waals surface area contributed by atoms with E-state index < -0.39 is 0 Å². The number of pyridine rings is 1. The van der Waals surface area contributed by atoms with Crippen molar-refractivity contribution in [1.29, 1.82) is 0 Å². The van der Waals surface area contributed by atoms with Crippen LogP contribution in [0.1, 0.15) is 5.56 Å². The zero-order chi connectivity index (χ0) is 14.3. The Hall–Kier alpha value is -2.40. The van der Waals surface area contributed by atoms with Gasteiger partial charge >= 0.3 is 0 Å². The van der Waals surface area contributed by atoms with Crippen molar-refractivity contribution in [1.82, 2.24) is 4.98 Å². The van der Waals surface area contributed by atoms with Gasteiger partial charge in [0, 0.05) is 16.3 Å². The second kappa shape index (κ2) is 4.61. The van der Waals surface area contributed by atoms with Crippen LogP contribution in [0.4, 0.5) is 5.69 Å². The van der Waals surface area contributed by atoms with Crippen LogP contribution in [-0.2, 0) is 0 Å². The maximum absolute atomic E-state index is 12.6. The SMILES string of the molecule is Cc1ccc2[nH]c3c(NC(N)=S)cccc3c(=O)c2c1. The summed E-state index contributed by atoms with van der Waals surface area (Å²) < 4.78 is 0. The first-order chi connectivity index (χ1) is 9.56. The second-order valence-electron chi connectivity index (χ2n) is 4.72. The molecule has 0 atom stereocenters. The summed E-state index contributed by atoms with van der Waals surface area (Å²) in [6.07, 6.45) is 0. The molecule has 0 aliphatic carbocycles. The minimum Gasteiger partial charge on any atom is -0.376 e. The van der Waals surface area contributed by atoms with E-state index in [9.17, 15) is 4.79 Å². The highest BCUT2D eigenvalue weighted by molar-refractivity contribution is 7.80. The number of para-hydroxylation sites is 1. The molecule has 0 fully saturated rings. The molecule has 0 unspecified atom stereocenters. The number of fused-ring (bicyclic) bond motifs is 2. The molecule has 3 rings (SSSR count).